The lowest BCUT2D eigenvalue weighted by molar-refractivity contribution is -0.901. The molecule has 1 aliphatic rings. The molecule has 0 aliphatic carbocycles. The largest absolute Gasteiger partial charge is 0.507 e. The summed E-state index contributed by atoms with van der Waals surface area (Å²) in [7, 11) is 0. The van der Waals surface area contributed by atoms with E-state index in [0.717, 1.165) is 41.9 Å². The van der Waals surface area contributed by atoms with Crippen LogP contribution < -0.4 is 10.5 Å². The SMILES string of the molecule is Cc1cc2oc(=O)c(Cc3ccccc3)c(C)c2c(O)c1C[NH+]1CCCC1. The summed E-state index contributed by atoms with van der Waals surface area (Å²) in [4.78, 5) is 14.1. The molecule has 2 aromatic carbocycles. The van der Waals surface area contributed by atoms with Gasteiger partial charge in [0.15, 0.2) is 0 Å². The highest BCUT2D eigenvalue weighted by Crippen LogP contribution is 2.34. The fourth-order valence-corrected chi connectivity index (χ4v) is 4.25. The number of likely N-dealkylation sites (tertiary alicyclic amines) is 1. The number of hydrogen-bond donors (Lipinski definition) is 2. The number of fused-ring (bicyclic) bond motifs is 1. The molecule has 3 aromatic rings. The summed E-state index contributed by atoms with van der Waals surface area (Å²) in [6, 6.07) is 11.8. The summed E-state index contributed by atoms with van der Waals surface area (Å²) in [6.07, 6.45) is 3.00. The summed E-state index contributed by atoms with van der Waals surface area (Å²) in [5.74, 6) is 0.278. The summed E-state index contributed by atoms with van der Waals surface area (Å²) < 4.78 is 5.61. The van der Waals surface area contributed by atoms with Gasteiger partial charge in [-0.3, -0.25) is 0 Å². The van der Waals surface area contributed by atoms with Crippen molar-refractivity contribution in [3.63, 3.8) is 0 Å². The molecule has 4 heteroatoms. The topological polar surface area (TPSA) is 54.9 Å². The Balaban J connectivity index is 1.83. The second-order valence-corrected chi connectivity index (χ2v) is 7.68. The normalized spacial score (nSPS) is 14.9. The number of benzene rings is 2. The van der Waals surface area contributed by atoms with Crippen LogP contribution in [0, 0.1) is 13.8 Å². The lowest BCUT2D eigenvalue weighted by Crippen LogP contribution is -3.08. The van der Waals surface area contributed by atoms with E-state index in [4.69, 9.17) is 4.42 Å². The van der Waals surface area contributed by atoms with Gasteiger partial charge in [-0.05, 0) is 36.6 Å². The van der Waals surface area contributed by atoms with E-state index in [1.807, 2.05) is 50.2 Å². The second-order valence-electron chi connectivity index (χ2n) is 7.68. The Morgan fingerprint density at radius 1 is 1.07 bits per heavy atom. The Hall–Kier alpha value is -2.59. The summed E-state index contributed by atoms with van der Waals surface area (Å²) in [5, 5.41) is 11.8. The quantitative estimate of drug-likeness (QED) is 0.700. The van der Waals surface area contributed by atoms with Crippen LogP contribution in [0.2, 0.25) is 0 Å². The van der Waals surface area contributed by atoms with Gasteiger partial charge in [-0.15, -0.1) is 0 Å². The first-order valence-electron chi connectivity index (χ1n) is 9.70. The number of phenolic OH excluding ortho intramolecular Hbond substituents is 1. The molecule has 1 aliphatic heterocycles. The maximum Gasteiger partial charge on any atom is 0.340 e. The number of aryl methyl sites for hydroxylation is 2. The van der Waals surface area contributed by atoms with E-state index in [-0.39, 0.29) is 11.4 Å². The molecular formula is C23H26NO3+. The first kappa shape index (κ1) is 17.8. The molecule has 0 spiro atoms. The smallest absolute Gasteiger partial charge is 0.340 e. The molecule has 1 aromatic heterocycles. The maximum absolute atomic E-state index is 12.6. The van der Waals surface area contributed by atoms with E-state index in [2.05, 4.69) is 0 Å². The molecule has 4 rings (SSSR count). The van der Waals surface area contributed by atoms with Crippen molar-refractivity contribution >= 4 is 11.0 Å². The Morgan fingerprint density at radius 3 is 2.48 bits per heavy atom. The zero-order valence-corrected chi connectivity index (χ0v) is 16.0. The van der Waals surface area contributed by atoms with Crippen LogP contribution in [0.3, 0.4) is 0 Å². The molecule has 0 bridgehead atoms. The molecule has 1 fully saturated rings. The molecule has 140 valence electrons. The molecule has 0 atom stereocenters. The predicted octanol–water partition coefficient (Wildman–Crippen LogP) is 2.88. The van der Waals surface area contributed by atoms with Crippen molar-refractivity contribution in [2.24, 2.45) is 0 Å². The number of hydrogen-bond acceptors (Lipinski definition) is 3. The minimum atomic E-state index is -0.319. The molecule has 0 radical (unpaired) electrons. The number of aromatic hydroxyl groups is 1. The Morgan fingerprint density at radius 2 is 1.78 bits per heavy atom. The summed E-state index contributed by atoms with van der Waals surface area (Å²) in [5.41, 5.74) is 4.61. The van der Waals surface area contributed by atoms with Crippen LogP contribution in [-0.4, -0.2) is 18.2 Å². The Bertz CT molecular complexity index is 1030. The van der Waals surface area contributed by atoms with E-state index in [1.165, 1.54) is 17.7 Å². The molecule has 0 unspecified atom stereocenters. The van der Waals surface area contributed by atoms with Gasteiger partial charge in [0.25, 0.3) is 0 Å². The van der Waals surface area contributed by atoms with Gasteiger partial charge in [-0.2, -0.15) is 0 Å². The van der Waals surface area contributed by atoms with Crippen LogP contribution >= 0.6 is 0 Å². The monoisotopic (exact) mass is 364 g/mol. The van der Waals surface area contributed by atoms with Gasteiger partial charge >= 0.3 is 5.63 Å². The van der Waals surface area contributed by atoms with Crippen LogP contribution in [0.4, 0.5) is 0 Å². The molecule has 2 heterocycles. The molecule has 27 heavy (non-hydrogen) atoms. The summed E-state index contributed by atoms with van der Waals surface area (Å²) >= 11 is 0. The van der Waals surface area contributed by atoms with Gasteiger partial charge in [0.05, 0.1) is 24.0 Å². The van der Waals surface area contributed by atoms with Gasteiger partial charge in [-0.1, -0.05) is 30.3 Å². The van der Waals surface area contributed by atoms with Crippen LogP contribution in [0.15, 0.2) is 45.6 Å². The minimum absolute atomic E-state index is 0.278. The fourth-order valence-electron chi connectivity index (χ4n) is 4.25. The number of rotatable bonds is 4. The minimum Gasteiger partial charge on any atom is -0.507 e. The van der Waals surface area contributed by atoms with Crippen LogP contribution in [-0.2, 0) is 13.0 Å². The zero-order valence-electron chi connectivity index (χ0n) is 16.0. The van der Waals surface area contributed by atoms with Crippen molar-refractivity contribution in [1.29, 1.82) is 0 Å². The Kier molecular flexibility index (Phi) is 4.75. The summed E-state index contributed by atoms with van der Waals surface area (Å²) in [6.45, 7) is 7.02. The highest BCUT2D eigenvalue weighted by atomic mass is 16.4. The molecular weight excluding hydrogens is 338 g/mol. The molecule has 2 N–H and O–H groups in total. The highest BCUT2D eigenvalue weighted by molar-refractivity contribution is 5.89. The third-order valence-electron chi connectivity index (χ3n) is 5.83. The van der Waals surface area contributed by atoms with Crippen LogP contribution in [0.1, 0.15) is 40.7 Å². The average molecular weight is 364 g/mol. The van der Waals surface area contributed by atoms with Gasteiger partial charge in [-0.25, -0.2) is 4.79 Å². The van der Waals surface area contributed by atoms with Crippen molar-refractivity contribution < 1.29 is 14.4 Å². The van der Waals surface area contributed by atoms with E-state index in [9.17, 15) is 9.90 Å². The molecule has 0 saturated carbocycles. The van der Waals surface area contributed by atoms with Gasteiger partial charge in [0.2, 0.25) is 0 Å². The lowest BCUT2D eigenvalue weighted by Gasteiger charge is -2.17. The third-order valence-corrected chi connectivity index (χ3v) is 5.83. The van der Waals surface area contributed by atoms with Gasteiger partial charge in [0, 0.05) is 24.8 Å². The van der Waals surface area contributed by atoms with Crippen molar-refractivity contribution in [3.8, 4) is 5.75 Å². The molecule has 0 amide bonds. The number of phenols is 1. The average Bonchev–Trinajstić information content (AvgIpc) is 3.16. The zero-order chi connectivity index (χ0) is 19.0. The van der Waals surface area contributed by atoms with Crippen LogP contribution in [0.25, 0.3) is 11.0 Å². The maximum atomic E-state index is 12.6. The van der Waals surface area contributed by atoms with Gasteiger partial charge < -0.3 is 14.4 Å². The highest BCUT2D eigenvalue weighted by Gasteiger charge is 2.23. The van der Waals surface area contributed by atoms with Crippen molar-refractivity contribution in [2.45, 2.75) is 39.7 Å². The van der Waals surface area contributed by atoms with E-state index in [0.29, 0.717) is 23.0 Å². The first-order chi connectivity index (χ1) is 13.0. The van der Waals surface area contributed by atoms with Gasteiger partial charge in [0.1, 0.15) is 17.9 Å². The third kappa shape index (κ3) is 3.37. The standard InChI is InChI=1S/C23H25NO3/c1-15-12-20-21(22(25)19(15)14-24-10-6-7-11-24)16(2)18(23(26)27-20)13-17-8-4-3-5-9-17/h3-5,8-9,12,25H,6-7,10-11,13-14H2,1-2H3/p+1. The second kappa shape index (κ2) is 7.20. The van der Waals surface area contributed by atoms with Crippen molar-refractivity contribution in [1.82, 2.24) is 0 Å². The number of nitrogens with one attached hydrogen (secondary N) is 1. The Labute approximate surface area is 159 Å². The predicted molar refractivity (Wildman–Crippen MR) is 107 cm³/mol. The lowest BCUT2D eigenvalue weighted by atomic mass is 9.96. The fraction of sp³-hybridized carbons (Fsp3) is 0.348. The number of quaternary nitrogens is 1. The van der Waals surface area contributed by atoms with E-state index < -0.39 is 0 Å². The van der Waals surface area contributed by atoms with Crippen molar-refractivity contribution in [2.75, 3.05) is 13.1 Å². The molecule has 1 saturated heterocycles. The first-order valence-corrected chi connectivity index (χ1v) is 9.70. The van der Waals surface area contributed by atoms with Crippen molar-refractivity contribution in [3.05, 3.63) is 74.6 Å². The molecule has 4 nitrogen and oxygen atoms in total. The van der Waals surface area contributed by atoms with Crippen LogP contribution in [0.5, 0.6) is 5.75 Å². The van der Waals surface area contributed by atoms with E-state index in [1.54, 1.807) is 0 Å². The van der Waals surface area contributed by atoms with E-state index >= 15 is 0 Å².